The summed E-state index contributed by atoms with van der Waals surface area (Å²) in [7, 11) is -3.67. The van der Waals surface area contributed by atoms with Gasteiger partial charge in [-0.3, -0.25) is 19.6 Å². The van der Waals surface area contributed by atoms with Crippen molar-refractivity contribution in [3.05, 3.63) is 71.9 Å². The molecule has 3 rings (SSSR count). The Morgan fingerprint density at radius 2 is 1.75 bits per heavy atom. The van der Waals surface area contributed by atoms with Gasteiger partial charge in [0.1, 0.15) is 0 Å². The van der Waals surface area contributed by atoms with Gasteiger partial charge in [0.15, 0.2) is 0 Å². The number of aryl methyl sites for hydroxylation is 1. The van der Waals surface area contributed by atoms with Crippen molar-refractivity contribution in [3.8, 4) is 0 Å². The number of pyridine rings is 1. The second-order valence-electron chi connectivity index (χ2n) is 5.85. The van der Waals surface area contributed by atoms with Crippen molar-refractivity contribution in [3.63, 3.8) is 0 Å². The third-order valence-corrected chi connectivity index (χ3v) is 3.46. The first kappa shape index (κ1) is 21.0. The molecule has 0 atom stereocenters. The Bertz CT molecular complexity index is 1110. The predicted octanol–water partition coefficient (Wildman–Crippen LogP) is 2.42. The van der Waals surface area contributed by atoms with Gasteiger partial charge in [-0.2, -0.15) is 8.42 Å². The summed E-state index contributed by atoms with van der Waals surface area (Å²) in [6, 6.07) is 16.6. The van der Waals surface area contributed by atoms with Crippen LogP contribution in [0.2, 0.25) is 0 Å². The number of fused-ring (bicyclic) bond motifs is 1. The standard InChI is InChI=1S/C18H16N4O.CH4O3S/c1-12-6-5-9-14-15(10-11-20-16(12)14)17(23)22-18(19)21-13-7-3-2-4-8-13;1-5(2,3)4/h2-11H,1H3,(H3,19,21,22,23);1H3,(H,2,3,4). The molecule has 2 aromatic carbocycles. The first-order chi connectivity index (χ1) is 13.1. The molecule has 28 heavy (non-hydrogen) atoms. The van der Waals surface area contributed by atoms with Crippen molar-refractivity contribution in [2.24, 2.45) is 10.7 Å². The maximum Gasteiger partial charge on any atom is 0.261 e. The summed E-state index contributed by atoms with van der Waals surface area (Å²) in [5.74, 6) is -0.251. The smallest absolute Gasteiger partial charge is 0.261 e. The molecule has 0 aliphatic heterocycles. The van der Waals surface area contributed by atoms with Crippen molar-refractivity contribution in [2.75, 3.05) is 6.26 Å². The number of amides is 1. The number of aromatic nitrogens is 1. The predicted molar refractivity (Wildman–Crippen MR) is 109 cm³/mol. The van der Waals surface area contributed by atoms with Gasteiger partial charge in [-0.05, 0) is 30.7 Å². The lowest BCUT2D eigenvalue weighted by Crippen LogP contribution is -2.36. The van der Waals surface area contributed by atoms with Gasteiger partial charge < -0.3 is 5.73 Å². The summed E-state index contributed by atoms with van der Waals surface area (Å²) in [5.41, 5.74) is 8.84. The number of benzene rings is 2. The van der Waals surface area contributed by atoms with E-state index >= 15 is 0 Å². The van der Waals surface area contributed by atoms with E-state index in [-0.39, 0.29) is 11.9 Å². The maximum absolute atomic E-state index is 12.5. The topological polar surface area (TPSA) is 135 Å². The molecule has 1 aromatic heterocycles. The van der Waals surface area contributed by atoms with E-state index in [1.54, 1.807) is 12.3 Å². The molecule has 3 aromatic rings. The Balaban J connectivity index is 0.000000500. The highest BCUT2D eigenvalue weighted by Crippen LogP contribution is 2.19. The third-order valence-electron chi connectivity index (χ3n) is 3.46. The normalized spacial score (nSPS) is 11.5. The van der Waals surface area contributed by atoms with Crippen molar-refractivity contribution < 1.29 is 17.8 Å². The molecule has 146 valence electrons. The van der Waals surface area contributed by atoms with Crippen LogP contribution in [0.15, 0.2) is 65.8 Å². The van der Waals surface area contributed by atoms with Gasteiger partial charge in [0.25, 0.3) is 16.0 Å². The molecule has 0 bridgehead atoms. The Morgan fingerprint density at radius 1 is 1.11 bits per heavy atom. The summed E-state index contributed by atoms with van der Waals surface area (Å²) in [6.45, 7) is 1.96. The van der Waals surface area contributed by atoms with Gasteiger partial charge in [0.05, 0.1) is 23.0 Å². The minimum Gasteiger partial charge on any atom is -0.369 e. The summed E-state index contributed by atoms with van der Waals surface area (Å²) in [5, 5.41) is 3.41. The highest BCUT2D eigenvalue weighted by Gasteiger charge is 2.12. The SMILES string of the molecule is CS(=O)(=O)O.Cc1cccc2c(C(=O)NC(N)=Nc3ccccc3)ccnc12. The van der Waals surface area contributed by atoms with Gasteiger partial charge in [-0.15, -0.1) is 0 Å². The lowest BCUT2D eigenvalue weighted by atomic mass is 10.1. The number of rotatable bonds is 2. The van der Waals surface area contributed by atoms with Crippen LogP contribution in [0.5, 0.6) is 0 Å². The number of aliphatic imine (C=N–C) groups is 1. The zero-order valence-electron chi connectivity index (χ0n) is 15.3. The minimum atomic E-state index is -3.67. The van der Waals surface area contributed by atoms with Crippen molar-refractivity contribution in [1.29, 1.82) is 0 Å². The zero-order chi connectivity index (χ0) is 20.7. The number of nitrogens with two attached hydrogens (primary N) is 1. The number of hydrogen-bond acceptors (Lipinski definition) is 5. The van der Waals surface area contributed by atoms with E-state index in [1.807, 2.05) is 55.5 Å². The lowest BCUT2D eigenvalue weighted by molar-refractivity contribution is 0.0978. The number of nitrogens with zero attached hydrogens (tertiary/aromatic N) is 2. The lowest BCUT2D eigenvalue weighted by Gasteiger charge is -2.08. The molecule has 0 fully saturated rings. The monoisotopic (exact) mass is 400 g/mol. The minimum absolute atomic E-state index is 0.0545. The first-order valence-corrected chi connectivity index (χ1v) is 9.97. The second-order valence-corrected chi connectivity index (χ2v) is 7.32. The molecule has 0 radical (unpaired) electrons. The molecule has 0 spiro atoms. The summed E-state index contributed by atoms with van der Waals surface area (Å²) in [4.78, 5) is 21.0. The van der Waals surface area contributed by atoms with E-state index in [0.29, 0.717) is 17.5 Å². The van der Waals surface area contributed by atoms with E-state index in [2.05, 4.69) is 15.3 Å². The van der Waals surface area contributed by atoms with Crippen LogP contribution in [-0.4, -0.2) is 36.1 Å². The van der Waals surface area contributed by atoms with Crippen LogP contribution in [-0.2, 0) is 10.1 Å². The van der Waals surface area contributed by atoms with Crippen LogP contribution in [0.25, 0.3) is 10.9 Å². The Morgan fingerprint density at radius 3 is 2.39 bits per heavy atom. The number of guanidine groups is 1. The quantitative estimate of drug-likeness (QED) is 0.343. The average Bonchev–Trinajstić information content (AvgIpc) is 2.61. The fraction of sp³-hybridized carbons (Fsp3) is 0.105. The van der Waals surface area contributed by atoms with Crippen LogP contribution >= 0.6 is 0 Å². The Hall–Kier alpha value is -3.30. The largest absolute Gasteiger partial charge is 0.369 e. The number of hydrogen-bond donors (Lipinski definition) is 3. The molecule has 9 heteroatoms. The zero-order valence-corrected chi connectivity index (χ0v) is 16.1. The molecule has 8 nitrogen and oxygen atoms in total. The van der Waals surface area contributed by atoms with Crippen molar-refractivity contribution >= 4 is 38.6 Å². The van der Waals surface area contributed by atoms with Crippen LogP contribution < -0.4 is 11.1 Å². The Labute approximate surface area is 162 Å². The molecule has 0 saturated carbocycles. The van der Waals surface area contributed by atoms with Gasteiger partial charge >= 0.3 is 0 Å². The van der Waals surface area contributed by atoms with Gasteiger partial charge in [0.2, 0.25) is 5.96 Å². The number of carbonyl (C=O) groups is 1. The molecular weight excluding hydrogens is 380 g/mol. The Kier molecular flexibility index (Phi) is 6.80. The van der Waals surface area contributed by atoms with E-state index in [0.717, 1.165) is 16.5 Å². The number of para-hydroxylation sites is 2. The van der Waals surface area contributed by atoms with Crippen LogP contribution in [0.1, 0.15) is 15.9 Å². The van der Waals surface area contributed by atoms with Crippen LogP contribution in [0.3, 0.4) is 0 Å². The number of nitrogens with one attached hydrogen (secondary N) is 1. The van der Waals surface area contributed by atoms with Gasteiger partial charge in [-0.1, -0.05) is 36.4 Å². The third kappa shape index (κ3) is 6.45. The molecule has 0 saturated heterocycles. The van der Waals surface area contributed by atoms with E-state index in [9.17, 15) is 13.2 Å². The van der Waals surface area contributed by atoms with E-state index in [4.69, 9.17) is 10.3 Å². The molecule has 0 aliphatic rings. The second kappa shape index (κ2) is 9.07. The molecule has 1 amide bonds. The molecule has 1 heterocycles. The average molecular weight is 400 g/mol. The van der Waals surface area contributed by atoms with Crippen molar-refractivity contribution in [1.82, 2.24) is 10.3 Å². The fourth-order valence-corrected chi connectivity index (χ4v) is 2.38. The summed E-state index contributed by atoms with van der Waals surface area (Å²) < 4.78 is 25.9. The van der Waals surface area contributed by atoms with Gasteiger partial charge in [-0.25, -0.2) is 4.99 Å². The highest BCUT2D eigenvalue weighted by molar-refractivity contribution is 7.85. The first-order valence-electron chi connectivity index (χ1n) is 8.12. The molecule has 0 aliphatic carbocycles. The summed E-state index contributed by atoms with van der Waals surface area (Å²) in [6.07, 6.45) is 2.34. The fourth-order valence-electron chi connectivity index (χ4n) is 2.38. The van der Waals surface area contributed by atoms with Crippen LogP contribution in [0, 0.1) is 6.92 Å². The molecule has 4 N–H and O–H groups in total. The highest BCUT2D eigenvalue weighted by atomic mass is 32.2. The molecular formula is C19H20N4O4S. The number of carbonyl (C=O) groups excluding carboxylic acids is 1. The van der Waals surface area contributed by atoms with Gasteiger partial charge in [0, 0.05) is 11.6 Å². The van der Waals surface area contributed by atoms with Crippen molar-refractivity contribution in [2.45, 2.75) is 6.92 Å². The van der Waals surface area contributed by atoms with Crippen LogP contribution in [0.4, 0.5) is 5.69 Å². The molecule has 0 unspecified atom stereocenters. The summed E-state index contributed by atoms with van der Waals surface area (Å²) >= 11 is 0. The van der Waals surface area contributed by atoms with E-state index < -0.39 is 10.1 Å². The van der Waals surface area contributed by atoms with E-state index in [1.165, 1.54) is 0 Å². The maximum atomic E-state index is 12.5.